The summed E-state index contributed by atoms with van der Waals surface area (Å²) in [6, 6.07) is 9.55. The Morgan fingerprint density at radius 1 is 1.50 bits per heavy atom. The monoisotopic (exact) mass is 264 g/mol. The molecule has 1 aliphatic heterocycles. The van der Waals surface area contributed by atoms with Gasteiger partial charge in [0.05, 0.1) is 6.04 Å². The second-order valence-electron chi connectivity index (χ2n) is 4.76. The molecule has 2 rings (SSSR count). The number of hydrogen-bond acceptors (Lipinski definition) is 3. The third-order valence-electron chi connectivity index (χ3n) is 3.17. The maximum atomic E-state index is 12.2. The van der Waals surface area contributed by atoms with E-state index in [1.807, 2.05) is 47.0 Å². The Balaban J connectivity index is 1.92. The van der Waals surface area contributed by atoms with Crippen LogP contribution >= 0.6 is 11.8 Å². The van der Waals surface area contributed by atoms with Crippen LogP contribution in [0, 0.1) is 0 Å². The fourth-order valence-electron chi connectivity index (χ4n) is 2.21. The molecule has 0 bridgehead atoms. The molecule has 0 saturated carbocycles. The average molecular weight is 264 g/mol. The summed E-state index contributed by atoms with van der Waals surface area (Å²) in [5, 5.41) is 0.520. The molecule has 0 spiro atoms. The first-order chi connectivity index (χ1) is 8.66. The zero-order valence-electron chi connectivity index (χ0n) is 10.7. The van der Waals surface area contributed by atoms with Crippen LogP contribution in [0.1, 0.15) is 12.5 Å². The molecule has 1 unspecified atom stereocenters. The van der Waals surface area contributed by atoms with E-state index in [1.54, 1.807) is 0 Å². The van der Waals surface area contributed by atoms with Crippen molar-refractivity contribution in [2.24, 2.45) is 5.73 Å². The molecule has 18 heavy (non-hydrogen) atoms. The maximum absolute atomic E-state index is 12.2. The van der Waals surface area contributed by atoms with Crippen molar-refractivity contribution in [1.29, 1.82) is 0 Å². The van der Waals surface area contributed by atoms with Gasteiger partial charge in [0.15, 0.2) is 0 Å². The Bertz CT molecular complexity index is 396. The first-order valence-electron chi connectivity index (χ1n) is 6.36. The summed E-state index contributed by atoms with van der Waals surface area (Å²) in [5.41, 5.74) is 7.15. The van der Waals surface area contributed by atoms with Crippen molar-refractivity contribution in [3.05, 3.63) is 35.9 Å². The number of hydrogen-bond donors (Lipinski definition) is 1. The molecule has 4 heteroatoms. The van der Waals surface area contributed by atoms with Gasteiger partial charge in [0, 0.05) is 24.1 Å². The lowest BCUT2D eigenvalue weighted by molar-refractivity contribution is -0.132. The van der Waals surface area contributed by atoms with Crippen molar-refractivity contribution in [2.75, 3.05) is 18.8 Å². The van der Waals surface area contributed by atoms with E-state index >= 15 is 0 Å². The minimum atomic E-state index is -0.414. The SMILES string of the molecule is CC1CN(C(=O)[C@H](N)Cc2ccccc2)CCS1. The van der Waals surface area contributed by atoms with E-state index in [-0.39, 0.29) is 5.91 Å². The topological polar surface area (TPSA) is 46.3 Å². The zero-order chi connectivity index (χ0) is 13.0. The Morgan fingerprint density at radius 3 is 2.89 bits per heavy atom. The largest absolute Gasteiger partial charge is 0.339 e. The first-order valence-corrected chi connectivity index (χ1v) is 7.41. The lowest BCUT2D eigenvalue weighted by atomic mass is 10.1. The van der Waals surface area contributed by atoms with Gasteiger partial charge in [0.25, 0.3) is 0 Å². The molecule has 1 aromatic rings. The number of thioether (sulfide) groups is 1. The van der Waals surface area contributed by atoms with Crippen LogP contribution in [0.25, 0.3) is 0 Å². The Labute approximate surface area is 113 Å². The highest BCUT2D eigenvalue weighted by Gasteiger charge is 2.25. The van der Waals surface area contributed by atoms with Gasteiger partial charge in [0.2, 0.25) is 5.91 Å². The Morgan fingerprint density at radius 2 is 2.22 bits per heavy atom. The van der Waals surface area contributed by atoms with Crippen molar-refractivity contribution in [3.63, 3.8) is 0 Å². The van der Waals surface area contributed by atoms with Gasteiger partial charge in [-0.15, -0.1) is 0 Å². The van der Waals surface area contributed by atoms with Crippen molar-refractivity contribution in [2.45, 2.75) is 24.6 Å². The average Bonchev–Trinajstić information content (AvgIpc) is 2.39. The normalized spacial score (nSPS) is 21.7. The standard InChI is InChI=1S/C14H20N2OS/c1-11-10-16(7-8-18-11)14(17)13(15)9-12-5-3-2-4-6-12/h2-6,11,13H,7-10,15H2,1H3/t11?,13-/m1/s1. The summed E-state index contributed by atoms with van der Waals surface area (Å²) >= 11 is 1.92. The summed E-state index contributed by atoms with van der Waals surface area (Å²) in [6.45, 7) is 3.81. The number of amides is 1. The zero-order valence-corrected chi connectivity index (χ0v) is 11.5. The number of carbonyl (C=O) groups is 1. The van der Waals surface area contributed by atoms with Crippen LogP contribution in [0.15, 0.2) is 30.3 Å². The number of rotatable bonds is 3. The fraction of sp³-hybridized carbons (Fsp3) is 0.500. The van der Waals surface area contributed by atoms with Gasteiger partial charge in [-0.3, -0.25) is 4.79 Å². The minimum absolute atomic E-state index is 0.0889. The van der Waals surface area contributed by atoms with Crippen LogP contribution in [-0.2, 0) is 11.2 Å². The third-order valence-corrected chi connectivity index (χ3v) is 4.30. The quantitative estimate of drug-likeness (QED) is 0.900. The van der Waals surface area contributed by atoms with Gasteiger partial charge in [-0.25, -0.2) is 0 Å². The van der Waals surface area contributed by atoms with E-state index in [2.05, 4.69) is 6.92 Å². The second kappa shape index (κ2) is 6.25. The number of carbonyl (C=O) groups excluding carboxylic acids is 1. The van der Waals surface area contributed by atoms with Gasteiger partial charge in [-0.1, -0.05) is 37.3 Å². The summed E-state index contributed by atoms with van der Waals surface area (Å²) in [6.07, 6.45) is 0.623. The van der Waals surface area contributed by atoms with Gasteiger partial charge in [-0.2, -0.15) is 11.8 Å². The maximum Gasteiger partial charge on any atom is 0.239 e. The van der Waals surface area contributed by atoms with Crippen LogP contribution in [0.5, 0.6) is 0 Å². The molecule has 2 atom stereocenters. The molecule has 0 radical (unpaired) electrons. The number of nitrogens with two attached hydrogens (primary N) is 1. The first kappa shape index (κ1) is 13.4. The van der Waals surface area contributed by atoms with Crippen molar-refractivity contribution in [3.8, 4) is 0 Å². The molecule has 1 amide bonds. The highest BCUT2D eigenvalue weighted by molar-refractivity contribution is 7.99. The highest BCUT2D eigenvalue weighted by Crippen LogP contribution is 2.18. The van der Waals surface area contributed by atoms with E-state index in [0.29, 0.717) is 11.7 Å². The van der Waals surface area contributed by atoms with Crippen molar-refractivity contribution >= 4 is 17.7 Å². The van der Waals surface area contributed by atoms with E-state index in [1.165, 1.54) is 0 Å². The fourth-order valence-corrected chi connectivity index (χ4v) is 3.22. The van der Waals surface area contributed by atoms with E-state index < -0.39 is 6.04 Å². The lowest BCUT2D eigenvalue weighted by Crippen LogP contribution is -2.49. The van der Waals surface area contributed by atoms with Crippen molar-refractivity contribution in [1.82, 2.24) is 4.90 Å². The summed E-state index contributed by atoms with van der Waals surface area (Å²) in [4.78, 5) is 14.2. The Hall–Kier alpha value is -1.00. The van der Waals surface area contributed by atoms with Crippen molar-refractivity contribution < 1.29 is 4.79 Å². The summed E-state index contributed by atoms with van der Waals surface area (Å²) in [7, 11) is 0. The molecule has 1 heterocycles. The van der Waals surface area contributed by atoms with Gasteiger partial charge in [0.1, 0.15) is 0 Å². The minimum Gasteiger partial charge on any atom is -0.339 e. The predicted octanol–water partition coefficient (Wildman–Crippen LogP) is 1.52. The van der Waals surface area contributed by atoms with Crippen LogP contribution in [-0.4, -0.2) is 40.9 Å². The molecular weight excluding hydrogens is 244 g/mol. The molecule has 0 aliphatic carbocycles. The number of benzene rings is 1. The van der Waals surface area contributed by atoms with Crippen LogP contribution < -0.4 is 5.73 Å². The highest BCUT2D eigenvalue weighted by atomic mass is 32.2. The summed E-state index contributed by atoms with van der Waals surface area (Å²) in [5.74, 6) is 1.11. The molecule has 1 saturated heterocycles. The molecular formula is C14H20N2OS. The smallest absolute Gasteiger partial charge is 0.239 e. The van der Waals surface area contributed by atoms with Crippen LogP contribution in [0.4, 0.5) is 0 Å². The molecule has 1 aliphatic rings. The van der Waals surface area contributed by atoms with Crippen LogP contribution in [0.2, 0.25) is 0 Å². The second-order valence-corrected chi connectivity index (χ2v) is 6.31. The lowest BCUT2D eigenvalue weighted by Gasteiger charge is -2.32. The van der Waals surface area contributed by atoms with Gasteiger partial charge in [-0.05, 0) is 12.0 Å². The molecule has 98 valence electrons. The van der Waals surface area contributed by atoms with E-state index in [0.717, 1.165) is 24.4 Å². The predicted molar refractivity (Wildman–Crippen MR) is 76.6 cm³/mol. The molecule has 2 N–H and O–H groups in total. The van der Waals surface area contributed by atoms with Gasteiger partial charge >= 0.3 is 0 Å². The molecule has 3 nitrogen and oxygen atoms in total. The third kappa shape index (κ3) is 3.50. The number of nitrogens with zero attached hydrogens (tertiary/aromatic N) is 1. The summed E-state index contributed by atoms with van der Waals surface area (Å²) < 4.78 is 0. The van der Waals surface area contributed by atoms with E-state index in [4.69, 9.17) is 5.73 Å². The molecule has 0 aromatic heterocycles. The van der Waals surface area contributed by atoms with Crippen LogP contribution in [0.3, 0.4) is 0 Å². The van der Waals surface area contributed by atoms with E-state index in [9.17, 15) is 4.79 Å². The molecule has 1 fully saturated rings. The van der Waals surface area contributed by atoms with Gasteiger partial charge < -0.3 is 10.6 Å². The Kier molecular flexibility index (Phi) is 4.66. The molecule has 1 aromatic carbocycles.